The van der Waals surface area contributed by atoms with E-state index in [9.17, 15) is 27.9 Å². The topological polar surface area (TPSA) is 185 Å². The van der Waals surface area contributed by atoms with Crippen LogP contribution in [0.2, 0.25) is 0 Å². The number of rotatable bonds is 8. The van der Waals surface area contributed by atoms with E-state index < -0.39 is 93.0 Å². The van der Waals surface area contributed by atoms with E-state index in [2.05, 4.69) is 10.0 Å². The van der Waals surface area contributed by atoms with E-state index >= 15 is 13.6 Å². The number of hydrogen-bond acceptors (Lipinski definition) is 9. The van der Waals surface area contributed by atoms with Gasteiger partial charge in [-0.3, -0.25) is 24.0 Å². The van der Waals surface area contributed by atoms with E-state index in [0.717, 1.165) is 22.6 Å². The van der Waals surface area contributed by atoms with Crippen LogP contribution in [0, 0.1) is 11.8 Å². The number of nitrogens with zero attached hydrogens (tertiary/aromatic N) is 3. The zero-order chi connectivity index (χ0) is 42.3. The second kappa shape index (κ2) is 14.6. The molecule has 0 radical (unpaired) electrons. The van der Waals surface area contributed by atoms with E-state index in [1.807, 2.05) is 19.9 Å². The first-order valence-corrected chi connectivity index (χ1v) is 22.3. The van der Waals surface area contributed by atoms with Gasteiger partial charge >= 0.3 is 6.09 Å². The lowest BCUT2D eigenvalue weighted by Gasteiger charge is -2.41. The highest BCUT2D eigenvalue weighted by atomic mass is 32.2. The van der Waals surface area contributed by atoms with Gasteiger partial charge in [-0.25, -0.2) is 27.0 Å². The summed E-state index contributed by atoms with van der Waals surface area (Å²) < 4.78 is 74.0. The van der Waals surface area contributed by atoms with Gasteiger partial charge in [0, 0.05) is 30.2 Å². The molecule has 4 heterocycles. The molecule has 320 valence electrons. The van der Waals surface area contributed by atoms with E-state index in [1.165, 1.54) is 13.2 Å². The average molecular weight is 842 g/mol. The monoisotopic (exact) mass is 841 g/mol. The summed E-state index contributed by atoms with van der Waals surface area (Å²) in [5, 5.41) is 13.4. The molecule has 2 aromatic rings. The Balaban J connectivity index is 1.21. The minimum absolute atomic E-state index is 0.0115. The Kier molecular flexibility index (Phi) is 10.2. The van der Waals surface area contributed by atoms with E-state index in [4.69, 9.17) is 14.5 Å². The standard InChI is InChI=1S/C42H53F2N5O9S/c1-24(2)21-48(38(53)54)30-11-9-7-5-6-8-10-26-19-41(26,37(52)47-59(55,56)39(3)16-17-39)46-35(50)31-20-40(23-49(31)36(30)51)22-42(43,44)32-28-18-27(57-4)14-15-29(28)45-33(25-12-13-25)34(32)58-40/h8,10,14-15,18,24-26,30-31H,5-7,9,11-13,16-17,19-23H2,1-4H3,(H,46,50)(H,47,52)(H,53,54)/b10-8-/t26-,30+,31+,40+,41-/m1/s1. The van der Waals surface area contributed by atoms with Crippen LogP contribution >= 0.6 is 0 Å². The first-order chi connectivity index (χ1) is 27.8. The van der Waals surface area contributed by atoms with E-state index in [1.54, 1.807) is 25.1 Å². The van der Waals surface area contributed by atoms with Crippen molar-refractivity contribution in [3.8, 4) is 11.5 Å². The van der Waals surface area contributed by atoms with Gasteiger partial charge in [0.2, 0.25) is 21.8 Å². The van der Waals surface area contributed by atoms with Crippen molar-refractivity contribution in [2.24, 2.45) is 11.8 Å². The van der Waals surface area contributed by atoms with Gasteiger partial charge in [0.1, 0.15) is 29.0 Å². The minimum atomic E-state index is -4.10. The molecule has 8 rings (SSSR count). The number of carboxylic acid groups (broad SMARTS) is 1. The van der Waals surface area contributed by atoms with Crippen LogP contribution in [-0.2, 0) is 30.3 Å². The lowest BCUT2D eigenvalue weighted by atomic mass is 9.84. The summed E-state index contributed by atoms with van der Waals surface area (Å²) in [5.74, 6) is -6.62. The van der Waals surface area contributed by atoms with Crippen LogP contribution in [0.4, 0.5) is 13.6 Å². The number of methoxy groups -OCH3 is 1. The Morgan fingerprint density at radius 3 is 2.54 bits per heavy atom. The van der Waals surface area contributed by atoms with Gasteiger partial charge in [0.05, 0.1) is 41.6 Å². The quantitative estimate of drug-likeness (QED) is 0.278. The maximum absolute atomic E-state index is 17.1. The molecular weight excluding hydrogens is 789 g/mol. The number of amides is 4. The highest BCUT2D eigenvalue weighted by molar-refractivity contribution is 7.91. The summed E-state index contributed by atoms with van der Waals surface area (Å²) in [6.45, 7) is 4.72. The second-order valence-electron chi connectivity index (χ2n) is 18.3. The Morgan fingerprint density at radius 2 is 1.88 bits per heavy atom. The lowest BCUT2D eigenvalue weighted by molar-refractivity contribution is -0.144. The zero-order valence-corrected chi connectivity index (χ0v) is 34.7. The van der Waals surface area contributed by atoms with Crippen molar-refractivity contribution in [3.05, 3.63) is 41.6 Å². The molecule has 59 heavy (non-hydrogen) atoms. The number of alkyl halides is 2. The molecule has 0 unspecified atom stereocenters. The first-order valence-electron chi connectivity index (χ1n) is 20.8. The zero-order valence-electron chi connectivity index (χ0n) is 33.9. The number of aromatic nitrogens is 1. The number of benzene rings is 1. The molecule has 3 aliphatic heterocycles. The Hall–Kier alpha value is -4.54. The maximum atomic E-state index is 17.1. The predicted octanol–water partition coefficient (Wildman–Crippen LogP) is 5.73. The number of allylic oxidation sites excluding steroid dienone is 1. The van der Waals surface area contributed by atoms with Gasteiger partial charge in [-0.1, -0.05) is 38.8 Å². The molecule has 3 saturated carbocycles. The largest absolute Gasteiger partial charge is 0.497 e. The molecule has 3 N–H and O–H groups in total. The van der Waals surface area contributed by atoms with Crippen molar-refractivity contribution in [2.45, 2.75) is 138 Å². The summed E-state index contributed by atoms with van der Waals surface area (Å²) in [4.78, 5) is 63.7. The normalized spacial score (nSPS) is 30.5. The van der Waals surface area contributed by atoms with Gasteiger partial charge in [-0.15, -0.1) is 0 Å². The van der Waals surface area contributed by atoms with Crippen LogP contribution in [0.1, 0.15) is 115 Å². The predicted molar refractivity (Wildman–Crippen MR) is 212 cm³/mol. The fraction of sp³-hybridized carbons (Fsp3) is 0.643. The van der Waals surface area contributed by atoms with Crippen LogP contribution in [0.15, 0.2) is 30.4 Å². The second-order valence-corrected chi connectivity index (χ2v) is 20.5. The highest BCUT2D eigenvalue weighted by Gasteiger charge is 2.65. The lowest BCUT2D eigenvalue weighted by Crippen LogP contribution is -2.59. The van der Waals surface area contributed by atoms with Gasteiger partial charge in [0.25, 0.3) is 11.8 Å². The summed E-state index contributed by atoms with van der Waals surface area (Å²) in [6.07, 6.45) is 5.84. The molecule has 6 aliphatic rings. The SMILES string of the molecule is COc1ccc2nc(C3CC3)c3c(c2c1)C(F)(F)C[C@]1(C[C@H]2C(=O)N[C@]4(C(=O)NS(=O)(=O)C5(C)CC5)C[C@H]4/C=C\CCCCC[C@H](N(CC(C)C)C(=O)O)C(=O)N2C1)O3. The van der Waals surface area contributed by atoms with Crippen molar-refractivity contribution in [1.82, 2.24) is 24.8 Å². The molecule has 5 atom stereocenters. The third-order valence-electron chi connectivity index (χ3n) is 13.1. The number of ether oxygens (including phenoxy) is 2. The third kappa shape index (κ3) is 7.49. The molecule has 0 bridgehead atoms. The van der Waals surface area contributed by atoms with Gasteiger partial charge < -0.3 is 24.8 Å². The van der Waals surface area contributed by atoms with Crippen LogP contribution in [0.5, 0.6) is 11.5 Å². The highest BCUT2D eigenvalue weighted by Crippen LogP contribution is 2.58. The number of hydrogen-bond donors (Lipinski definition) is 3. The molecule has 1 spiro atoms. The molecule has 4 amide bonds. The Morgan fingerprint density at radius 1 is 1.14 bits per heavy atom. The number of carbonyl (C=O) groups is 4. The molecule has 1 aromatic carbocycles. The van der Waals surface area contributed by atoms with Gasteiger partial charge in [-0.05, 0) is 82.4 Å². The smallest absolute Gasteiger partial charge is 0.407 e. The van der Waals surface area contributed by atoms with Gasteiger partial charge in [-0.2, -0.15) is 0 Å². The fourth-order valence-electron chi connectivity index (χ4n) is 9.27. The number of sulfonamides is 1. The number of halogens is 2. The van der Waals surface area contributed by atoms with Gasteiger partial charge in [0.15, 0.2) is 5.75 Å². The number of nitrogens with one attached hydrogen (secondary N) is 2. The van der Waals surface area contributed by atoms with Crippen molar-refractivity contribution >= 4 is 44.7 Å². The molecule has 3 aliphatic carbocycles. The molecule has 1 aromatic heterocycles. The Labute approximate surface area is 342 Å². The maximum Gasteiger partial charge on any atom is 0.407 e. The van der Waals surface area contributed by atoms with Crippen molar-refractivity contribution in [1.29, 1.82) is 0 Å². The molecule has 17 heteroatoms. The van der Waals surface area contributed by atoms with Crippen molar-refractivity contribution < 1.29 is 51.0 Å². The van der Waals surface area contributed by atoms with Crippen molar-refractivity contribution in [3.63, 3.8) is 0 Å². The van der Waals surface area contributed by atoms with Crippen LogP contribution in [0.3, 0.4) is 0 Å². The minimum Gasteiger partial charge on any atom is -0.497 e. The number of pyridine rings is 1. The fourth-order valence-corrected chi connectivity index (χ4v) is 10.6. The molecule has 1 saturated heterocycles. The summed E-state index contributed by atoms with van der Waals surface area (Å²) in [6, 6.07) is 2.06. The molecular formula is C42H53F2N5O9S. The van der Waals surface area contributed by atoms with E-state index in [0.29, 0.717) is 55.5 Å². The Bertz CT molecular complexity index is 2230. The third-order valence-corrected chi connectivity index (χ3v) is 15.3. The summed E-state index contributed by atoms with van der Waals surface area (Å²) in [7, 11) is -2.66. The number of fused-ring (bicyclic) bond motifs is 5. The van der Waals surface area contributed by atoms with Crippen LogP contribution in [0.25, 0.3) is 10.9 Å². The number of carbonyl (C=O) groups excluding carboxylic acids is 3. The van der Waals surface area contributed by atoms with E-state index in [-0.39, 0.29) is 47.9 Å². The van der Waals surface area contributed by atoms with Crippen LogP contribution in [-0.4, -0.2) is 100 Å². The molecule has 4 fully saturated rings. The first kappa shape index (κ1) is 41.2. The van der Waals surface area contributed by atoms with Crippen LogP contribution < -0.4 is 19.5 Å². The average Bonchev–Trinajstić information content (AvgIpc) is 4.10. The summed E-state index contributed by atoms with van der Waals surface area (Å²) in [5.41, 5.74) is -3.12. The molecule has 14 nitrogen and oxygen atoms in total. The summed E-state index contributed by atoms with van der Waals surface area (Å²) >= 11 is 0. The van der Waals surface area contributed by atoms with Crippen molar-refractivity contribution in [2.75, 3.05) is 20.2 Å².